The van der Waals surface area contributed by atoms with Gasteiger partial charge in [0.2, 0.25) is 0 Å². The van der Waals surface area contributed by atoms with Crippen molar-refractivity contribution in [1.29, 1.82) is 0 Å². The second kappa shape index (κ2) is 9.21. The number of hydrogen-bond donors (Lipinski definition) is 2. The first kappa shape index (κ1) is 22.8. The molecule has 0 spiro atoms. The number of urea groups is 1. The molecule has 0 saturated heterocycles. The number of nitrogens with one attached hydrogen (secondary N) is 2. The van der Waals surface area contributed by atoms with Crippen molar-refractivity contribution in [3.63, 3.8) is 0 Å². The smallest absolute Gasteiger partial charge is 0.308 e. The molecule has 33 heavy (non-hydrogen) atoms. The van der Waals surface area contributed by atoms with E-state index in [1.54, 1.807) is 30.6 Å². The normalized spacial score (nSPS) is 11.3. The maximum Gasteiger partial charge on any atom is 0.417 e. The average molecular weight is 489 g/mol. The van der Waals surface area contributed by atoms with E-state index < -0.39 is 22.8 Å². The molecule has 0 aliphatic carbocycles. The maximum atomic E-state index is 13.1. The molecular formula is C23H16ClF3N4OS. The monoisotopic (exact) mass is 488 g/mol. The van der Waals surface area contributed by atoms with Gasteiger partial charge in [-0.25, -0.2) is 9.78 Å². The van der Waals surface area contributed by atoms with Gasteiger partial charge in [0.25, 0.3) is 0 Å². The van der Waals surface area contributed by atoms with Crippen molar-refractivity contribution in [2.45, 2.75) is 13.1 Å². The lowest BCUT2D eigenvalue weighted by Crippen LogP contribution is -2.20. The van der Waals surface area contributed by atoms with Crippen molar-refractivity contribution in [1.82, 2.24) is 9.97 Å². The summed E-state index contributed by atoms with van der Waals surface area (Å²) in [5, 5.41) is 5.50. The van der Waals surface area contributed by atoms with Crippen LogP contribution in [0.5, 0.6) is 0 Å². The standard InChI is InChI=1S/C23H16ClF3N4OS/c1-13-29-20(14-7-9-28-10-8-14)21(33-13)15-3-2-4-16(11-15)30-22(32)31-17-5-6-19(24)18(12-17)23(25,26)27/h2-12H,1H3,(H2,30,31,32). The molecule has 168 valence electrons. The zero-order valence-electron chi connectivity index (χ0n) is 17.1. The number of anilines is 2. The molecule has 0 aliphatic rings. The van der Waals surface area contributed by atoms with E-state index >= 15 is 0 Å². The number of alkyl halides is 3. The van der Waals surface area contributed by atoms with Crippen molar-refractivity contribution >= 4 is 40.3 Å². The molecule has 0 saturated carbocycles. The van der Waals surface area contributed by atoms with Crippen LogP contribution in [0.3, 0.4) is 0 Å². The molecule has 0 unspecified atom stereocenters. The summed E-state index contributed by atoms with van der Waals surface area (Å²) in [7, 11) is 0. The lowest BCUT2D eigenvalue weighted by Gasteiger charge is -2.13. The Hall–Kier alpha value is -3.43. The number of aryl methyl sites for hydroxylation is 1. The Morgan fingerprint density at radius 2 is 1.67 bits per heavy atom. The Morgan fingerprint density at radius 1 is 0.970 bits per heavy atom. The number of amides is 2. The minimum absolute atomic E-state index is 0.0292. The van der Waals surface area contributed by atoms with E-state index in [1.165, 1.54) is 17.4 Å². The SMILES string of the molecule is Cc1nc(-c2ccncc2)c(-c2cccc(NC(=O)Nc3ccc(Cl)c(C(F)(F)F)c3)c2)s1. The van der Waals surface area contributed by atoms with Crippen molar-refractivity contribution in [3.8, 4) is 21.7 Å². The Balaban J connectivity index is 1.55. The molecule has 5 nitrogen and oxygen atoms in total. The minimum Gasteiger partial charge on any atom is -0.308 e. The first-order chi connectivity index (χ1) is 15.7. The van der Waals surface area contributed by atoms with E-state index in [-0.39, 0.29) is 5.69 Å². The average Bonchev–Trinajstić information content (AvgIpc) is 3.17. The number of hydrogen-bond acceptors (Lipinski definition) is 4. The van der Waals surface area contributed by atoms with Gasteiger partial charge in [0.1, 0.15) is 0 Å². The molecule has 2 amide bonds. The van der Waals surface area contributed by atoms with Crippen LogP contribution in [0, 0.1) is 6.92 Å². The predicted octanol–water partition coefficient (Wildman–Crippen LogP) is 7.50. The maximum absolute atomic E-state index is 13.1. The fraction of sp³-hybridized carbons (Fsp3) is 0.0870. The molecule has 4 aromatic rings. The van der Waals surface area contributed by atoms with Gasteiger partial charge >= 0.3 is 12.2 Å². The highest BCUT2D eigenvalue weighted by Gasteiger charge is 2.33. The van der Waals surface area contributed by atoms with Crippen LogP contribution in [-0.2, 0) is 6.18 Å². The van der Waals surface area contributed by atoms with Gasteiger partial charge in [-0.3, -0.25) is 4.98 Å². The van der Waals surface area contributed by atoms with Gasteiger partial charge in [-0.2, -0.15) is 13.2 Å². The number of carbonyl (C=O) groups is 1. The van der Waals surface area contributed by atoms with Crippen LogP contribution in [0.4, 0.5) is 29.3 Å². The van der Waals surface area contributed by atoms with Gasteiger partial charge in [-0.1, -0.05) is 23.7 Å². The highest BCUT2D eigenvalue weighted by atomic mass is 35.5. The van der Waals surface area contributed by atoms with Crippen LogP contribution in [-0.4, -0.2) is 16.0 Å². The van der Waals surface area contributed by atoms with E-state index in [1.807, 2.05) is 25.1 Å². The van der Waals surface area contributed by atoms with Crippen LogP contribution in [0.25, 0.3) is 21.7 Å². The molecule has 2 aromatic carbocycles. The van der Waals surface area contributed by atoms with Crippen molar-refractivity contribution in [2.24, 2.45) is 0 Å². The van der Waals surface area contributed by atoms with E-state index in [2.05, 4.69) is 20.6 Å². The Kier molecular flexibility index (Phi) is 6.35. The predicted molar refractivity (Wildman–Crippen MR) is 125 cm³/mol. The van der Waals surface area contributed by atoms with Crippen LogP contribution in [0.2, 0.25) is 5.02 Å². The van der Waals surface area contributed by atoms with Gasteiger partial charge in [0.05, 0.1) is 26.2 Å². The summed E-state index contributed by atoms with van der Waals surface area (Å²) < 4.78 is 39.2. The fourth-order valence-corrected chi connectivity index (χ4v) is 4.34. The van der Waals surface area contributed by atoms with Gasteiger partial charge in [-0.15, -0.1) is 11.3 Å². The quantitative estimate of drug-likeness (QED) is 0.312. The van der Waals surface area contributed by atoms with Gasteiger partial charge in [-0.05, 0) is 55.0 Å². The molecule has 0 aliphatic heterocycles. The minimum atomic E-state index is -4.63. The highest BCUT2D eigenvalue weighted by molar-refractivity contribution is 7.15. The zero-order valence-corrected chi connectivity index (χ0v) is 18.6. The summed E-state index contributed by atoms with van der Waals surface area (Å²) in [6, 6.07) is 13.4. The summed E-state index contributed by atoms with van der Waals surface area (Å²) in [6.45, 7) is 1.91. The van der Waals surface area contributed by atoms with Gasteiger partial charge in [0, 0.05) is 29.3 Å². The molecule has 0 bridgehead atoms. The second-order valence-electron chi connectivity index (χ2n) is 7.00. The van der Waals surface area contributed by atoms with Crippen LogP contribution in [0.1, 0.15) is 10.6 Å². The first-order valence-corrected chi connectivity index (χ1v) is 10.8. The van der Waals surface area contributed by atoms with Crippen molar-refractivity contribution in [3.05, 3.63) is 82.6 Å². The zero-order chi connectivity index (χ0) is 23.6. The molecule has 0 radical (unpaired) electrons. The van der Waals surface area contributed by atoms with Gasteiger partial charge < -0.3 is 10.6 Å². The number of rotatable bonds is 4. The lowest BCUT2D eigenvalue weighted by atomic mass is 10.1. The van der Waals surface area contributed by atoms with Crippen molar-refractivity contribution < 1.29 is 18.0 Å². The molecule has 2 heterocycles. The van der Waals surface area contributed by atoms with Crippen molar-refractivity contribution in [2.75, 3.05) is 10.6 Å². The van der Waals surface area contributed by atoms with E-state index in [0.717, 1.165) is 38.8 Å². The van der Waals surface area contributed by atoms with E-state index in [4.69, 9.17) is 11.6 Å². The summed E-state index contributed by atoms with van der Waals surface area (Å²) >= 11 is 7.14. The largest absolute Gasteiger partial charge is 0.417 e. The van der Waals surface area contributed by atoms with Gasteiger partial charge in [0.15, 0.2) is 0 Å². The summed E-state index contributed by atoms with van der Waals surface area (Å²) in [5.74, 6) is 0. The third-order valence-electron chi connectivity index (χ3n) is 4.60. The molecule has 2 aromatic heterocycles. The first-order valence-electron chi connectivity index (χ1n) is 9.64. The Labute approximate surface area is 196 Å². The molecular weight excluding hydrogens is 473 g/mol. The number of aromatic nitrogens is 2. The number of thiazole rings is 1. The topological polar surface area (TPSA) is 66.9 Å². The van der Waals surface area contributed by atoms with Crippen LogP contribution in [0.15, 0.2) is 67.0 Å². The summed E-state index contributed by atoms with van der Waals surface area (Å²) in [4.78, 5) is 22.0. The molecule has 10 heteroatoms. The van der Waals surface area contributed by atoms with Crippen LogP contribution < -0.4 is 10.6 Å². The van der Waals surface area contributed by atoms with E-state index in [9.17, 15) is 18.0 Å². The second-order valence-corrected chi connectivity index (χ2v) is 8.61. The third kappa shape index (κ3) is 5.32. The number of pyridine rings is 1. The Morgan fingerprint density at radius 3 is 2.36 bits per heavy atom. The highest BCUT2D eigenvalue weighted by Crippen LogP contribution is 2.38. The fourth-order valence-electron chi connectivity index (χ4n) is 3.18. The third-order valence-corrected chi connectivity index (χ3v) is 5.95. The molecule has 2 N–H and O–H groups in total. The molecule has 0 fully saturated rings. The number of nitrogens with zero attached hydrogens (tertiary/aromatic N) is 2. The lowest BCUT2D eigenvalue weighted by molar-refractivity contribution is -0.137. The van der Waals surface area contributed by atoms with E-state index in [0.29, 0.717) is 5.69 Å². The number of benzene rings is 2. The number of halogens is 4. The molecule has 0 atom stereocenters. The Bertz CT molecular complexity index is 1310. The van der Waals surface area contributed by atoms with Crippen LogP contribution >= 0.6 is 22.9 Å². The number of carbonyl (C=O) groups excluding carboxylic acids is 1. The summed E-state index contributed by atoms with van der Waals surface area (Å²) in [6.07, 6.45) is -1.24. The summed E-state index contributed by atoms with van der Waals surface area (Å²) in [5.41, 5.74) is 2.00. The molecule has 4 rings (SSSR count).